The van der Waals surface area contributed by atoms with Crippen LogP contribution in [-0.4, -0.2) is 61.4 Å². The second kappa shape index (κ2) is 10.8. The number of aryl methyl sites for hydroxylation is 1. The highest BCUT2D eigenvalue weighted by Gasteiger charge is 2.32. The molecule has 5 rings (SSSR count). The first-order valence-electron chi connectivity index (χ1n) is 13.1. The summed E-state index contributed by atoms with van der Waals surface area (Å²) in [6, 6.07) is 6.93. The van der Waals surface area contributed by atoms with Gasteiger partial charge in [0.2, 0.25) is 0 Å². The highest BCUT2D eigenvalue weighted by molar-refractivity contribution is 7.91. The number of benzene rings is 1. The highest BCUT2D eigenvalue weighted by atomic mass is 32.2. The second-order valence-electron chi connectivity index (χ2n) is 10.0. The van der Waals surface area contributed by atoms with Gasteiger partial charge in [0, 0.05) is 12.1 Å². The van der Waals surface area contributed by atoms with Crippen LogP contribution in [0, 0.1) is 6.92 Å². The molecule has 0 radical (unpaired) electrons. The summed E-state index contributed by atoms with van der Waals surface area (Å²) < 4.78 is 37.0. The lowest BCUT2D eigenvalue weighted by Gasteiger charge is -2.15. The summed E-state index contributed by atoms with van der Waals surface area (Å²) in [7, 11) is 0.00648. The van der Waals surface area contributed by atoms with Gasteiger partial charge < -0.3 is 14.8 Å². The van der Waals surface area contributed by atoms with Crippen molar-refractivity contribution in [2.24, 2.45) is 0 Å². The van der Waals surface area contributed by atoms with Crippen LogP contribution in [0.4, 0.5) is 0 Å². The number of fused-ring (bicyclic) bond motifs is 1. The van der Waals surface area contributed by atoms with E-state index in [1.165, 1.54) is 18.4 Å². The number of nitrogens with one attached hydrogen (secondary N) is 1. The number of hydrogen-bond acceptors (Lipinski definition) is 7. The van der Waals surface area contributed by atoms with Gasteiger partial charge in [-0.05, 0) is 69.7 Å². The molecule has 2 aromatic heterocycles. The van der Waals surface area contributed by atoms with Gasteiger partial charge in [0.25, 0.3) is 5.91 Å². The molecule has 1 N–H and O–H groups in total. The fourth-order valence-electron chi connectivity index (χ4n) is 5.42. The Bertz CT molecular complexity index is 1510. The van der Waals surface area contributed by atoms with Gasteiger partial charge in [-0.25, -0.2) is 18.1 Å². The first-order valence-corrected chi connectivity index (χ1v) is 14.9. The lowest BCUT2D eigenvalue weighted by atomic mass is 9.97. The number of carbonyl (C=O) groups excluding carboxylic acids is 1. The van der Waals surface area contributed by atoms with Crippen molar-refractivity contribution < 1.29 is 22.7 Å². The van der Waals surface area contributed by atoms with Crippen LogP contribution in [-0.2, 0) is 9.84 Å². The third kappa shape index (κ3) is 5.27. The average molecular weight is 539 g/mol. The maximum atomic E-state index is 13.6. The van der Waals surface area contributed by atoms with E-state index < -0.39 is 9.84 Å². The molecule has 2 aliphatic rings. The summed E-state index contributed by atoms with van der Waals surface area (Å²) in [4.78, 5) is 18.5. The first-order chi connectivity index (χ1) is 18.3. The molecule has 0 saturated carbocycles. The van der Waals surface area contributed by atoms with Gasteiger partial charge in [-0.2, -0.15) is 5.10 Å². The molecule has 9 nitrogen and oxygen atoms in total. The van der Waals surface area contributed by atoms with Crippen molar-refractivity contribution >= 4 is 26.8 Å². The number of ether oxygens (including phenoxy) is 2. The Kier molecular flexibility index (Phi) is 7.43. The van der Waals surface area contributed by atoms with E-state index in [4.69, 9.17) is 14.5 Å². The van der Waals surface area contributed by atoms with E-state index in [1.54, 1.807) is 31.0 Å². The van der Waals surface area contributed by atoms with E-state index >= 15 is 0 Å². The van der Waals surface area contributed by atoms with Crippen LogP contribution >= 0.6 is 0 Å². The Morgan fingerprint density at radius 1 is 1.16 bits per heavy atom. The summed E-state index contributed by atoms with van der Waals surface area (Å²) in [6.07, 6.45) is 8.23. The minimum absolute atomic E-state index is 0.0160. The molecule has 1 amide bonds. The van der Waals surface area contributed by atoms with Crippen molar-refractivity contribution in [3.63, 3.8) is 0 Å². The van der Waals surface area contributed by atoms with Crippen molar-refractivity contribution in [1.82, 2.24) is 20.1 Å². The number of pyridine rings is 1. The first kappa shape index (κ1) is 26.2. The van der Waals surface area contributed by atoms with Gasteiger partial charge >= 0.3 is 0 Å². The van der Waals surface area contributed by atoms with Gasteiger partial charge in [-0.3, -0.25) is 4.79 Å². The molecule has 3 aromatic rings. The number of methoxy groups -OCH3 is 2. The Labute approximate surface area is 223 Å². The van der Waals surface area contributed by atoms with E-state index in [2.05, 4.69) is 16.5 Å². The molecule has 1 aliphatic heterocycles. The Hall–Kier alpha value is -3.40. The van der Waals surface area contributed by atoms with Crippen molar-refractivity contribution in [3.05, 3.63) is 47.2 Å². The maximum Gasteiger partial charge on any atom is 0.252 e. The molecule has 1 unspecified atom stereocenters. The van der Waals surface area contributed by atoms with Crippen LogP contribution in [0.15, 0.2) is 35.9 Å². The second-order valence-corrected chi connectivity index (χ2v) is 12.3. The minimum atomic E-state index is -3.13. The SMILES string of the molecule is COc1ccc(-c2cc(C(=O)NCCC3=CCCCC3)c3c(C)nn(C4CCS(=O)(=O)C4)c3n2)cc1OC. The molecule has 0 spiro atoms. The van der Waals surface area contributed by atoms with Crippen molar-refractivity contribution in [3.8, 4) is 22.8 Å². The van der Waals surface area contributed by atoms with Crippen LogP contribution in [0.25, 0.3) is 22.3 Å². The van der Waals surface area contributed by atoms with Crippen LogP contribution in [0.1, 0.15) is 60.6 Å². The molecular weight excluding hydrogens is 504 g/mol. The predicted octanol–water partition coefficient (Wildman–Crippen LogP) is 4.40. The molecule has 202 valence electrons. The lowest BCUT2D eigenvalue weighted by molar-refractivity contribution is 0.0955. The molecule has 3 heterocycles. The third-order valence-corrected chi connectivity index (χ3v) is 9.18. The Morgan fingerprint density at radius 3 is 2.66 bits per heavy atom. The van der Waals surface area contributed by atoms with E-state index in [0.717, 1.165) is 24.8 Å². The Morgan fingerprint density at radius 2 is 1.97 bits per heavy atom. The Balaban J connectivity index is 1.57. The normalized spacial score (nSPS) is 18.8. The van der Waals surface area contributed by atoms with Crippen molar-refractivity contribution in [2.75, 3.05) is 32.3 Å². The number of aromatic nitrogens is 3. The molecular formula is C28H34N4O5S. The maximum absolute atomic E-state index is 13.6. The number of hydrogen-bond donors (Lipinski definition) is 1. The molecule has 10 heteroatoms. The number of rotatable bonds is 8. The minimum Gasteiger partial charge on any atom is -0.493 e. The molecule has 1 aromatic carbocycles. The van der Waals surface area contributed by atoms with Gasteiger partial charge in [0.1, 0.15) is 0 Å². The number of amides is 1. The van der Waals surface area contributed by atoms with Crippen molar-refractivity contribution in [2.45, 2.75) is 51.5 Å². The molecule has 1 atom stereocenters. The standard InChI is InChI=1S/C28H34N4O5S/c1-18-26-22(28(33)29-13-11-19-7-5-4-6-8-19)16-23(20-9-10-24(36-2)25(15-20)37-3)30-27(26)32(31-18)21-12-14-38(34,35)17-21/h7,9-10,15-16,21H,4-6,8,11-14,17H2,1-3H3,(H,29,33). The molecule has 1 aliphatic carbocycles. The molecule has 38 heavy (non-hydrogen) atoms. The zero-order valence-electron chi connectivity index (χ0n) is 22.1. The van der Waals surface area contributed by atoms with Crippen LogP contribution in [0.3, 0.4) is 0 Å². The summed E-state index contributed by atoms with van der Waals surface area (Å²) >= 11 is 0. The van der Waals surface area contributed by atoms with Crippen LogP contribution < -0.4 is 14.8 Å². The highest BCUT2D eigenvalue weighted by Crippen LogP contribution is 2.35. The van der Waals surface area contributed by atoms with Gasteiger partial charge in [-0.1, -0.05) is 11.6 Å². The van der Waals surface area contributed by atoms with Crippen molar-refractivity contribution in [1.29, 1.82) is 0 Å². The van der Waals surface area contributed by atoms with E-state index in [-0.39, 0.29) is 23.5 Å². The number of carbonyl (C=O) groups is 1. The van der Waals surface area contributed by atoms with Gasteiger partial charge in [0.15, 0.2) is 27.0 Å². The molecule has 1 saturated heterocycles. The average Bonchev–Trinajstić information content (AvgIpc) is 3.46. The summed E-state index contributed by atoms with van der Waals surface area (Å²) in [5, 5.41) is 8.42. The van der Waals surface area contributed by atoms with E-state index in [1.807, 2.05) is 19.1 Å². The summed E-state index contributed by atoms with van der Waals surface area (Å²) in [6.45, 7) is 2.39. The molecule has 0 bridgehead atoms. The lowest BCUT2D eigenvalue weighted by Crippen LogP contribution is -2.25. The number of sulfone groups is 1. The van der Waals surface area contributed by atoms with Gasteiger partial charge in [0.05, 0.1) is 54.1 Å². The fourth-order valence-corrected chi connectivity index (χ4v) is 7.11. The van der Waals surface area contributed by atoms with E-state index in [0.29, 0.717) is 52.4 Å². The van der Waals surface area contributed by atoms with Crippen LogP contribution in [0.2, 0.25) is 0 Å². The zero-order valence-corrected chi connectivity index (χ0v) is 22.9. The number of nitrogens with zero attached hydrogens (tertiary/aromatic N) is 3. The third-order valence-electron chi connectivity index (χ3n) is 7.43. The number of allylic oxidation sites excluding steroid dienone is 1. The van der Waals surface area contributed by atoms with Crippen LogP contribution in [0.5, 0.6) is 11.5 Å². The van der Waals surface area contributed by atoms with E-state index in [9.17, 15) is 13.2 Å². The predicted molar refractivity (Wildman–Crippen MR) is 147 cm³/mol. The smallest absolute Gasteiger partial charge is 0.252 e. The molecule has 1 fully saturated rings. The summed E-state index contributed by atoms with van der Waals surface area (Å²) in [5.41, 5.74) is 4.35. The quantitative estimate of drug-likeness (QED) is 0.423. The summed E-state index contributed by atoms with van der Waals surface area (Å²) in [5.74, 6) is 1.07. The largest absolute Gasteiger partial charge is 0.493 e. The topological polar surface area (TPSA) is 112 Å². The zero-order chi connectivity index (χ0) is 26.9. The monoisotopic (exact) mass is 538 g/mol. The fraction of sp³-hybridized carbons (Fsp3) is 0.464. The van der Waals surface area contributed by atoms with Gasteiger partial charge in [-0.15, -0.1) is 0 Å².